The fourth-order valence-electron chi connectivity index (χ4n) is 2.42. The van der Waals surface area contributed by atoms with Gasteiger partial charge >= 0.3 is 0 Å². The first-order chi connectivity index (χ1) is 8.76. The Morgan fingerprint density at radius 2 is 2.22 bits per heavy atom. The monoisotopic (exact) mass is 262 g/mol. The van der Waals surface area contributed by atoms with Crippen LogP contribution in [0.1, 0.15) is 26.7 Å². The van der Waals surface area contributed by atoms with Crippen LogP contribution in [0.5, 0.6) is 0 Å². The van der Waals surface area contributed by atoms with Crippen molar-refractivity contribution in [2.75, 3.05) is 17.2 Å². The van der Waals surface area contributed by atoms with Crippen molar-refractivity contribution in [2.24, 2.45) is 5.92 Å². The smallest absolute Gasteiger partial charge is 0.226 e. The number of hydrogen-bond donors (Lipinski definition) is 2. The van der Waals surface area contributed by atoms with Crippen molar-refractivity contribution >= 4 is 33.3 Å². The van der Waals surface area contributed by atoms with Crippen LogP contribution >= 0.6 is 11.3 Å². The maximum Gasteiger partial charge on any atom is 0.226 e. The fourth-order valence-corrected chi connectivity index (χ4v) is 3.18. The number of fused-ring (bicyclic) bond motifs is 1. The summed E-state index contributed by atoms with van der Waals surface area (Å²) in [5, 5.41) is 9.96. The van der Waals surface area contributed by atoms with E-state index in [0.29, 0.717) is 6.04 Å². The molecule has 1 aliphatic carbocycles. The summed E-state index contributed by atoms with van der Waals surface area (Å²) in [6.45, 7) is 5.20. The highest BCUT2D eigenvalue weighted by Crippen LogP contribution is 2.32. The van der Waals surface area contributed by atoms with E-state index in [1.54, 1.807) is 11.3 Å². The average molecular weight is 262 g/mol. The Kier molecular flexibility index (Phi) is 3.07. The van der Waals surface area contributed by atoms with Gasteiger partial charge in [0.05, 0.1) is 5.39 Å². The number of nitrogens with zero attached hydrogens (tertiary/aromatic N) is 2. The molecule has 0 aliphatic heterocycles. The topological polar surface area (TPSA) is 49.8 Å². The van der Waals surface area contributed by atoms with E-state index < -0.39 is 0 Å². The zero-order valence-corrected chi connectivity index (χ0v) is 11.5. The third-order valence-electron chi connectivity index (χ3n) is 3.37. The lowest BCUT2D eigenvalue weighted by atomic mass is 9.82. The summed E-state index contributed by atoms with van der Waals surface area (Å²) >= 11 is 1.66. The molecule has 3 rings (SSSR count). The summed E-state index contributed by atoms with van der Waals surface area (Å²) in [5.74, 6) is 2.55. The van der Waals surface area contributed by atoms with Gasteiger partial charge in [-0.25, -0.2) is 4.98 Å². The number of aromatic nitrogens is 2. The Balaban J connectivity index is 1.90. The maximum atomic E-state index is 4.58. The predicted octanol–water partition coefficient (Wildman–Crippen LogP) is 3.33. The first-order valence-corrected chi connectivity index (χ1v) is 7.40. The van der Waals surface area contributed by atoms with Gasteiger partial charge in [0, 0.05) is 12.6 Å². The van der Waals surface area contributed by atoms with Crippen LogP contribution in [-0.4, -0.2) is 22.6 Å². The molecule has 0 atom stereocenters. The van der Waals surface area contributed by atoms with Crippen molar-refractivity contribution in [3.63, 3.8) is 0 Å². The van der Waals surface area contributed by atoms with E-state index in [0.717, 1.165) is 34.4 Å². The second-order valence-corrected chi connectivity index (χ2v) is 5.88. The molecule has 0 radical (unpaired) electrons. The maximum absolute atomic E-state index is 4.58. The minimum absolute atomic E-state index is 0.576. The largest absolute Gasteiger partial charge is 0.367 e. The molecule has 4 nitrogen and oxygen atoms in total. The van der Waals surface area contributed by atoms with Crippen molar-refractivity contribution in [2.45, 2.75) is 32.7 Å². The lowest BCUT2D eigenvalue weighted by Crippen LogP contribution is -2.34. The van der Waals surface area contributed by atoms with Crippen molar-refractivity contribution in [3.8, 4) is 0 Å². The van der Waals surface area contributed by atoms with Crippen molar-refractivity contribution in [3.05, 3.63) is 11.4 Å². The van der Waals surface area contributed by atoms with E-state index in [1.165, 1.54) is 12.8 Å². The number of anilines is 2. The van der Waals surface area contributed by atoms with Gasteiger partial charge in [-0.3, -0.25) is 0 Å². The third-order valence-corrected chi connectivity index (χ3v) is 4.18. The Morgan fingerprint density at radius 1 is 1.39 bits per heavy atom. The molecular formula is C13H18N4S. The number of nitrogens with one attached hydrogen (secondary N) is 2. The molecule has 2 N–H and O–H groups in total. The van der Waals surface area contributed by atoms with Gasteiger partial charge < -0.3 is 10.6 Å². The van der Waals surface area contributed by atoms with Crippen LogP contribution in [0.4, 0.5) is 11.8 Å². The number of thiophene rings is 1. The summed E-state index contributed by atoms with van der Waals surface area (Å²) in [5.41, 5.74) is 0. The second-order valence-electron chi connectivity index (χ2n) is 4.98. The first-order valence-electron chi connectivity index (χ1n) is 6.52. The highest BCUT2D eigenvalue weighted by Gasteiger charge is 2.26. The second kappa shape index (κ2) is 4.72. The summed E-state index contributed by atoms with van der Waals surface area (Å²) < 4.78 is 0. The van der Waals surface area contributed by atoms with Gasteiger partial charge in [0.1, 0.15) is 10.6 Å². The highest BCUT2D eigenvalue weighted by atomic mass is 32.1. The van der Waals surface area contributed by atoms with E-state index in [-0.39, 0.29) is 0 Å². The summed E-state index contributed by atoms with van der Waals surface area (Å²) in [6.07, 6.45) is 2.48. The van der Waals surface area contributed by atoms with Gasteiger partial charge in [0.2, 0.25) is 5.95 Å². The van der Waals surface area contributed by atoms with Crippen LogP contribution in [0, 0.1) is 5.92 Å². The van der Waals surface area contributed by atoms with Gasteiger partial charge in [-0.05, 0) is 37.1 Å². The highest BCUT2D eigenvalue weighted by molar-refractivity contribution is 7.16. The van der Waals surface area contributed by atoms with Crippen LogP contribution in [0.15, 0.2) is 11.4 Å². The zero-order valence-electron chi connectivity index (χ0n) is 10.7. The van der Waals surface area contributed by atoms with E-state index in [2.05, 4.69) is 45.9 Å². The zero-order chi connectivity index (χ0) is 12.5. The Morgan fingerprint density at radius 3 is 2.94 bits per heavy atom. The van der Waals surface area contributed by atoms with Gasteiger partial charge in [0.25, 0.3) is 0 Å². The number of rotatable bonds is 4. The quantitative estimate of drug-likeness (QED) is 0.887. The molecule has 1 aliphatic rings. The van der Waals surface area contributed by atoms with Gasteiger partial charge in [-0.15, -0.1) is 11.3 Å². The Hall–Kier alpha value is -1.36. The van der Waals surface area contributed by atoms with Gasteiger partial charge in [-0.1, -0.05) is 6.92 Å². The molecule has 0 spiro atoms. The van der Waals surface area contributed by atoms with E-state index in [1.807, 2.05) is 0 Å². The molecule has 0 bridgehead atoms. The standard InChI is InChI=1S/C13H18N4S/c1-3-14-13-16-11(15-9-6-8(2)7-9)10-4-5-18-12(10)17-13/h4-5,8-9H,3,6-7H2,1-2H3,(H2,14,15,16,17). The molecule has 96 valence electrons. The molecule has 2 heterocycles. The summed E-state index contributed by atoms with van der Waals surface area (Å²) in [7, 11) is 0. The first kappa shape index (κ1) is 11.7. The Bertz CT molecular complexity index is 545. The summed E-state index contributed by atoms with van der Waals surface area (Å²) in [6, 6.07) is 2.67. The molecular weight excluding hydrogens is 244 g/mol. The van der Waals surface area contributed by atoms with E-state index in [4.69, 9.17) is 0 Å². The SMILES string of the molecule is CCNc1nc(NC2CC(C)C2)c2ccsc2n1. The molecule has 0 unspecified atom stereocenters. The van der Waals surface area contributed by atoms with Gasteiger partial charge in [0.15, 0.2) is 0 Å². The molecule has 5 heteroatoms. The van der Waals surface area contributed by atoms with Crippen molar-refractivity contribution < 1.29 is 0 Å². The molecule has 1 fully saturated rings. The van der Waals surface area contributed by atoms with E-state index in [9.17, 15) is 0 Å². The van der Waals surface area contributed by atoms with Gasteiger partial charge in [-0.2, -0.15) is 4.98 Å². The van der Waals surface area contributed by atoms with Crippen LogP contribution < -0.4 is 10.6 Å². The lowest BCUT2D eigenvalue weighted by Gasteiger charge is -2.33. The molecule has 0 amide bonds. The predicted molar refractivity (Wildman–Crippen MR) is 77.4 cm³/mol. The lowest BCUT2D eigenvalue weighted by molar-refractivity contribution is 0.309. The normalized spacial score (nSPS) is 22.8. The summed E-state index contributed by atoms with van der Waals surface area (Å²) in [4.78, 5) is 10.1. The van der Waals surface area contributed by atoms with E-state index >= 15 is 0 Å². The van der Waals surface area contributed by atoms with Crippen molar-refractivity contribution in [1.82, 2.24) is 9.97 Å². The molecule has 1 saturated carbocycles. The molecule has 2 aromatic heterocycles. The van der Waals surface area contributed by atoms with Crippen molar-refractivity contribution in [1.29, 1.82) is 0 Å². The molecule has 0 saturated heterocycles. The average Bonchev–Trinajstić information content (AvgIpc) is 2.75. The molecule has 18 heavy (non-hydrogen) atoms. The van der Waals surface area contributed by atoms with Crippen LogP contribution in [0.2, 0.25) is 0 Å². The fraction of sp³-hybridized carbons (Fsp3) is 0.538. The van der Waals surface area contributed by atoms with Crippen LogP contribution in [0.25, 0.3) is 10.2 Å². The molecule has 0 aromatic carbocycles. The van der Waals surface area contributed by atoms with Crippen LogP contribution in [0.3, 0.4) is 0 Å². The number of hydrogen-bond acceptors (Lipinski definition) is 5. The minimum Gasteiger partial charge on any atom is -0.367 e. The third kappa shape index (κ3) is 2.14. The minimum atomic E-state index is 0.576. The Labute approximate surface area is 111 Å². The van der Waals surface area contributed by atoms with Crippen LogP contribution in [-0.2, 0) is 0 Å². The molecule has 2 aromatic rings.